The summed E-state index contributed by atoms with van der Waals surface area (Å²) in [6.07, 6.45) is 6.91. The van der Waals surface area contributed by atoms with E-state index in [-0.39, 0.29) is 16.7 Å². The number of hydrogen-bond donors (Lipinski definition) is 2. The van der Waals surface area contributed by atoms with Gasteiger partial charge in [0.2, 0.25) is 0 Å². The predicted molar refractivity (Wildman–Crippen MR) is 84.1 cm³/mol. The molecule has 0 aromatic carbocycles. The van der Waals surface area contributed by atoms with Crippen LogP contribution in [0.25, 0.3) is 0 Å². The first-order valence-corrected chi connectivity index (χ1v) is 9.27. The Labute approximate surface area is 133 Å². The first kappa shape index (κ1) is 15.1. The van der Waals surface area contributed by atoms with Crippen molar-refractivity contribution in [3.63, 3.8) is 0 Å². The fourth-order valence-corrected chi connectivity index (χ4v) is 7.09. The van der Waals surface area contributed by atoms with Crippen LogP contribution in [0.4, 0.5) is 0 Å². The second-order valence-electron chi connectivity index (χ2n) is 9.08. The van der Waals surface area contributed by atoms with E-state index >= 15 is 0 Å². The highest BCUT2D eigenvalue weighted by molar-refractivity contribution is 5.87. The molecule has 0 amide bonds. The molecule has 0 radical (unpaired) electrons. The maximum atomic E-state index is 12.4. The zero-order chi connectivity index (χ0) is 15.7. The van der Waals surface area contributed by atoms with E-state index in [1.54, 1.807) is 0 Å². The molecular weight excluding hydrogens is 276 g/mol. The summed E-state index contributed by atoms with van der Waals surface area (Å²) in [6, 6.07) is 0. The number of aliphatic hydroxyl groups is 2. The SMILES string of the molecule is C[C@]12CC[C@H](O)[C@H](O)[C@@H]1CC[C@@H]1[C@@H]2CC[C@]2(C)C(=O)CC[C@@H]12. The monoisotopic (exact) mass is 306 g/mol. The van der Waals surface area contributed by atoms with Crippen LogP contribution in [-0.4, -0.2) is 28.2 Å². The third-order valence-corrected chi connectivity index (χ3v) is 8.44. The molecule has 0 bridgehead atoms. The molecule has 22 heavy (non-hydrogen) atoms. The normalized spacial score (nSPS) is 57.9. The van der Waals surface area contributed by atoms with Crippen molar-refractivity contribution in [1.29, 1.82) is 0 Å². The van der Waals surface area contributed by atoms with Crippen molar-refractivity contribution < 1.29 is 15.0 Å². The van der Waals surface area contributed by atoms with Crippen LogP contribution in [0.3, 0.4) is 0 Å². The Balaban J connectivity index is 1.65. The predicted octanol–water partition coefficient (Wildman–Crippen LogP) is 2.93. The first-order valence-electron chi connectivity index (χ1n) is 9.27. The molecule has 4 aliphatic carbocycles. The van der Waals surface area contributed by atoms with Crippen LogP contribution >= 0.6 is 0 Å². The van der Waals surface area contributed by atoms with Crippen LogP contribution in [0, 0.1) is 34.5 Å². The van der Waals surface area contributed by atoms with E-state index < -0.39 is 12.2 Å². The van der Waals surface area contributed by atoms with Gasteiger partial charge in [0.25, 0.3) is 0 Å². The average Bonchev–Trinajstić information content (AvgIpc) is 2.79. The van der Waals surface area contributed by atoms with Gasteiger partial charge in [-0.15, -0.1) is 0 Å². The van der Waals surface area contributed by atoms with E-state index in [1.165, 1.54) is 0 Å². The van der Waals surface area contributed by atoms with Gasteiger partial charge in [0.15, 0.2) is 0 Å². The molecule has 0 heterocycles. The summed E-state index contributed by atoms with van der Waals surface area (Å²) in [4.78, 5) is 12.4. The number of aliphatic hydroxyl groups excluding tert-OH is 2. The van der Waals surface area contributed by atoms with Crippen molar-refractivity contribution >= 4 is 5.78 Å². The lowest BCUT2D eigenvalue weighted by atomic mass is 9.45. The molecule has 4 aliphatic rings. The highest BCUT2D eigenvalue weighted by atomic mass is 16.3. The summed E-state index contributed by atoms with van der Waals surface area (Å²) < 4.78 is 0. The van der Waals surface area contributed by atoms with Crippen molar-refractivity contribution in [2.45, 2.75) is 77.4 Å². The van der Waals surface area contributed by atoms with Gasteiger partial charge < -0.3 is 10.2 Å². The van der Waals surface area contributed by atoms with Gasteiger partial charge >= 0.3 is 0 Å². The summed E-state index contributed by atoms with van der Waals surface area (Å²) in [5.74, 6) is 2.62. The average molecular weight is 306 g/mol. The van der Waals surface area contributed by atoms with Gasteiger partial charge in [0.1, 0.15) is 5.78 Å². The van der Waals surface area contributed by atoms with Crippen LogP contribution in [0.5, 0.6) is 0 Å². The molecule has 0 spiro atoms. The van der Waals surface area contributed by atoms with Gasteiger partial charge in [-0.1, -0.05) is 13.8 Å². The van der Waals surface area contributed by atoms with E-state index in [0.29, 0.717) is 23.5 Å². The largest absolute Gasteiger partial charge is 0.390 e. The van der Waals surface area contributed by atoms with Gasteiger partial charge in [0.05, 0.1) is 12.2 Å². The molecule has 4 fully saturated rings. The number of hydrogen-bond acceptors (Lipinski definition) is 3. The zero-order valence-electron chi connectivity index (χ0n) is 13.9. The minimum Gasteiger partial charge on any atom is -0.390 e. The standard InChI is InChI=1S/C19H30O3/c1-18-10-8-15(20)17(22)14(18)4-3-11-12-5-6-16(21)19(12,2)9-7-13(11)18/h11-15,17,20,22H,3-10H2,1-2H3/t11-,12-,13-,14-,15-,17+,18+,19-/m0/s1. The lowest BCUT2D eigenvalue weighted by Gasteiger charge is -2.61. The maximum Gasteiger partial charge on any atom is 0.139 e. The summed E-state index contributed by atoms with van der Waals surface area (Å²) in [7, 11) is 0. The van der Waals surface area contributed by atoms with E-state index in [9.17, 15) is 15.0 Å². The van der Waals surface area contributed by atoms with Crippen LogP contribution in [-0.2, 0) is 4.79 Å². The summed E-state index contributed by atoms with van der Waals surface area (Å²) >= 11 is 0. The van der Waals surface area contributed by atoms with Crippen molar-refractivity contribution in [2.24, 2.45) is 34.5 Å². The lowest BCUT2D eigenvalue weighted by molar-refractivity contribution is -0.173. The molecule has 8 atom stereocenters. The molecule has 0 saturated heterocycles. The minimum absolute atomic E-state index is 0.0584. The molecule has 0 aliphatic heterocycles. The van der Waals surface area contributed by atoms with Crippen LogP contribution in [0.2, 0.25) is 0 Å². The lowest BCUT2D eigenvalue weighted by Crippen LogP contribution is -2.58. The van der Waals surface area contributed by atoms with Crippen LogP contribution in [0.15, 0.2) is 0 Å². The highest BCUT2D eigenvalue weighted by Gasteiger charge is 2.61. The molecular formula is C19H30O3. The Hall–Kier alpha value is -0.410. The van der Waals surface area contributed by atoms with E-state index in [4.69, 9.17) is 0 Å². The first-order chi connectivity index (χ1) is 10.4. The van der Waals surface area contributed by atoms with Gasteiger partial charge in [0, 0.05) is 11.8 Å². The Morgan fingerprint density at radius 3 is 2.45 bits per heavy atom. The topological polar surface area (TPSA) is 57.5 Å². The maximum absolute atomic E-state index is 12.4. The zero-order valence-corrected chi connectivity index (χ0v) is 13.9. The number of Topliss-reactive ketones (excluding diaryl/α,β-unsaturated/α-hetero) is 1. The van der Waals surface area contributed by atoms with Gasteiger partial charge in [-0.3, -0.25) is 4.79 Å². The highest BCUT2D eigenvalue weighted by Crippen LogP contribution is 2.65. The minimum atomic E-state index is -0.543. The fourth-order valence-electron chi connectivity index (χ4n) is 7.09. The van der Waals surface area contributed by atoms with Gasteiger partial charge in [-0.05, 0) is 74.0 Å². The van der Waals surface area contributed by atoms with E-state index in [0.717, 1.165) is 51.4 Å². The second kappa shape index (κ2) is 4.80. The van der Waals surface area contributed by atoms with Crippen molar-refractivity contribution in [1.82, 2.24) is 0 Å². The molecule has 2 N–H and O–H groups in total. The molecule has 124 valence electrons. The number of rotatable bonds is 0. The smallest absolute Gasteiger partial charge is 0.139 e. The van der Waals surface area contributed by atoms with Gasteiger partial charge in [-0.2, -0.15) is 0 Å². The summed E-state index contributed by atoms with van der Waals surface area (Å²) in [5.41, 5.74) is 0.103. The molecule has 3 nitrogen and oxygen atoms in total. The van der Waals surface area contributed by atoms with E-state index in [2.05, 4.69) is 13.8 Å². The summed E-state index contributed by atoms with van der Waals surface area (Å²) in [5, 5.41) is 20.6. The molecule has 4 rings (SSSR count). The molecule has 3 heteroatoms. The molecule has 0 unspecified atom stereocenters. The second-order valence-corrected chi connectivity index (χ2v) is 9.08. The Morgan fingerprint density at radius 1 is 0.909 bits per heavy atom. The third-order valence-electron chi connectivity index (χ3n) is 8.44. The fraction of sp³-hybridized carbons (Fsp3) is 0.947. The number of carbonyl (C=O) groups excluding carboxylic acids is 1. The van der Waals surface area contributed by atoms with Crippen molar-refractivity contribution in [3.05, 3.63) is 0 Å². The number of carbonyl (C=O) groups is 1. The van der Waals surface area contributed by atoms with Gasteiger partial charge in [-0.25, -0.2) is 0 Å². The summed E-state index contributed by atoms with van der Waals surface area (Å²) in [6.45, 7) is 4.58. The van der Waals surface area contributed by atoms with Crippen LogP contribution < -0.4 is 0 Å². The van der Waals surface area contributed by atoms with Crippen molar-refractivity contribution in [2.75, 3.05) is 0 Å². The molecule has 4 saturated carbocycles. The third kappa shape index (κ3) is 1.78. The Kier molecular flexibility index (Phi) is 3.30. The number of fused-ring (bicyclic) bond motifs is 5. The van der Waals surface area contributed by atoms with Crippen LogP contribution in [0.1, 0.15) is 65.2 Å². The number of ketones is 1. The van der Waals surface area contributed by atoms with Crippen molar-refractivity contribution in [3.8, 4) is 0 Å². The quantitative estimate of drug-likeness (QED) is 0.723. The Bertz CT molecular complexity index is 489. The molecule has 0 aromatic rings. The Morgan fingerprint density at radius 2 is 1.68 bits per heavy atom. The molecule has 0 aromatic heterocycles. The van der Waals surface area contributed by atoms with E-state index in [1.807, 2.05) is 0 Å².